The first-order valence-electron chi connectivity index (χ1n) is 17.1. The molecular weight excluding hydrogens is 609 g/mol. The van der Waals surface area contributed by atoms with Crippen LogP contribution in [0.3, 0.4) is 0 Å². The van der Waals surface area contributed by atoms with E-state index in [0.29, 0.717) is 0 Å². The highest BCUT2D eigenvalue weighted by atomic mass is 16.3. The largest absolute Gasteiger partial charge is 0.463 e. The van der Waals surface area contributed by atoms with Crippen molar-refractivity contribution in [3.8, 4) is 33.4 Å². The summed E-state index contributed by atoms with van der Waals surface area (Å²) in [6.07, 6.45) is 1.91. The quantitative estimate of drug-likeness (QED) is 0.142. The van der Waals surface area contributed by atoms with Gasteiger partial charge < -0.3 is 8.83 Å². The molecule has 2 nitrogen and oxygen atoms in total. The molecule has 0 amide bonds. The predicted octanol–water partition coefficient (Wildman–Crippen LogP) is 13.9. The molecule has 0 radical (unpaired) electrons. The summed E-state index contributed by atoms with van der Waals surface area (Å²) in [7, 11) is 0. The van der Waals surface area contributed by atoms with E-state index < -0.39 is 0 Å². The van der Waals surface area contributed by atoms with Gasteiger partial charge in [-0.15, -0.1) is 0 Å². The summed E-state index contributed by atoms with van der Waals surface area (Å²) in [4.78, 5) is 0. The van der Waals surface area contributed by atoms with E-state index >= 15 is 0 Å². The summed E-state index contributed by atoms with van der Waals surface area (Å²) in [5.74, 6) is 0. The third-order valence-electron chi connectivity index (χ3n) is 10.5. The van der Waals surface area contributed by atoms with Gasteiger partial charge in [0.2, 0.25) is 0 Å². The maximum Gasteiger partial charge on any atom is 0.143 e. The Labute approximate surface area is 287 Å². The molecule has 0 aliphatic rings. The van der Waals surface area contributed by atoms with Crippen LogP contribution in [0.2, 0.25) is 0 Å². The van der Waals surface area contributed by atoms with Gasteiger partial charge in [-0.1, -0.05) is 146 Å². The van der Waals surface area contributed by atoms with Crippen LogP contribution in [0.1, 0.15) is 0 Å². The van der Waals surface area contributed by atoms with Crippen LogP contribution in [0.25, 0.3) is 109 Å². The zero-order valence-electron chi connectivity index (χ0n) is 27.0. The van der Waals surface area contributed by atoms with E-state index in [-0.39, 0.29) is 0 Å². The number of benzene rings is 9. The third-order valence-corrected chi connectivity index (χ3v) is 10.5. The zero-order valence-corrected chi connectivity index (χ0v) is 27.0. The minimum atomic E-state index is 0.852. The number of fused-ring (bicyclic) bond motifs is 9. The predicted molar refractivity (Wildman–Crippen MR) is 210 cm³/mol. The van der Waals surface area contributed by atoms with Crippen LogP contribution in [0.4, 0.5) is 0 Å². The summed E-state index contributed by atoms with van der Waals surface area (Å²) in [5.41, 5.74) is 9.44. The van der Waals surface area contributed by atoms with E-state index in [1.54, 1.807) is 0 Å². The molecule has 0 fully saturated rings. The Morgan fingerprint density at radius 2 is 0.900 bits per heavy atom. The van der Waals surface area contributed by atoms with E-state index in [0.717, 1.165) is 55.2 Å². The average molecular weight is 637 g/mol. The summed E-state index contributed by atoms with van der Waals surface area (Å²) in [6.45, 7) is 0. The van der Waals surface area contributed by atoms with Gasteiger partial charge >= 0.3 is 0 Å². The van der Waals surface area contributed by atoms with Crippen molar-refractivity contribution in [2.45, 2.75) is 0 Å². The second-order valence-corrected chi connectivity index (χ2v) is 13.1. The second kappa shape index (κ2) is 10.4. The minimum Gasteiger partial charge on any atom is -0.463 e. The van der Waals surface area contributed by atoms with Crippen molar-refractivity contribution in [3.05, 3.63) is 170 Å². The summed E-state index contributed by atoms with van der Waals surface area (Å²) < 4.78 is 13.3. The lowest BCUT2D eigenvalue weighted by molar-refractivity contribution is 0.618. The molecule has 50 heavy (non-hydrogen) atoms. The first-order chi connectivity index (χ1) is 24.8. The zero-order chi connectivity index (χ0) is 32.8. The molecule has 11 rings (SSSR count). The first kappa shape index (κ1) is 27.3. The molecule has 2 aromatic heterocycles. The van der Waals surface area contributed by atoms with Gasteiger partial charge in [0.1, 0.15) is 16.7 Å². The Balaban J connectivity index is 1.35. The highest BCUT2D eigenvalue weighted by molar-refractivity contribution is 6.31. The molecule has 0 N–H and O–H groups in total. The van der Waals surface area contributed by atoms with E-state index in [1.807, 2.05) is 18.4 Å². The van der Waals surface area contributed by atoms with Gasteiger partial charge in [-0.3, -0.25) is 0 Å². The summed E-state index contributed by atoms with van der Waals surface area (Å²) in [5, 5.41) is 13.0. The SMILES string of the molecule is c1ccc(-c2coc3c(-c4c5ccccc5c(-c5cc6ccccc6c6ccccc56)c5ccccc45)c4c(cc23)oc2ccccc24)cc1. The van der Waals surface area contributed by atoms with Crippen LogP contribution in [0.15, 0.2) is 179 Å². The van der Waals surface area contributed by atoms with Crippen LogP contribution >= 0.6 is 0 Å². The van der Waals surface area contributed by atoms with E-state index in [9.17, 15) is 0 Å². The molecule has 0 saturated heterocycles. The van der Waals surface area contributed by atoms with Gasteiger partial charge in [0.15, 0.2) is 0 Å². The second-order valence-electron chi connectivity index (χ2n) is 13.1. The van der Waals surface area contributed by atoms with E-state index in [4.69, 9.17) is 8.83 Å². The fourth-order valence-electron chi connectivity index (χ4n) is 8.40. The lowest BCUT2D eigenvalue weighted by atomic mass is 9.82. The van der Waals surface area contributed by atoms with Crippen molar-refractivity contribution in [2.75, 3.05) is 0 Å². The van der Waals surface area contributed by atoms with Gasteiger partial charge in [-0.05, 0) is 78.0 Å². The molecule has 0 atom stereocenters. The van der Waals surface area contributed by atoms with Crippen molar-refractivity contribution in [1.82, 2.24) is 0 Å². The molecule has 11 aromatic rings. The monoisotopic (exact) mass is 636 g/mol. The number of hydrogen-bond acceptors (Lipinski definition) is 2. The Morgan fingerprint density at radius 1 is 0.340 bits per heavy atom. The van der Waals surface area contributed by atoms with Crippen molar-refractivity contribution in [2.24, 2.45) is 0 Å². The number of para-hydroxylation sites is 1. The van der Waals surface area contributed by atoms with Crippen molar-refractivity contribution < 1.29 is 8.83 Å². The van der Waals surface area contributed by atoms with Gasteiger partial charge in [0.25, 0.3) is 0 Å². The summed E-state index contributed by atoms with van der Waals surface area (Å²) >= 11 is 0. The highest BCUT2D eigenvalue weighted by Crippen LogP contribution is 2.51. The Bertz CT molecular complexity index is 3080. The molecule has 0 saturated carbocycles. The average Bonchev–Trinajstić information content (AvgIpc) is 3.78. The maximum atomic E-state index is 6.69. The molecular formula is C48H28O2. The minimum absolute atomic E-state index is 0.852. The molecule has 0 aliphatic heterocycles. The fourth-order valence-corrected chi connectivity index (χ4v) is 8.40. The van der Waals surface area contributed by atoms with E-state index in [1.165, 1.54) is 54.2 Å². The number of furan rings is 2. The van der Waals surface area contributed by atoms with Crippen LogP contribution in [-0.4, -0.2) is 0 Å². The smallest absolute Gasteiger partial charge is 0.143 e. The molecule has 0 bridgehead atoms. The van der Waals surface area contributed by atoms with Gasteiger partial charge in [-0.2, -0.15) is 0 Å². The van der Waals surface area contributed by atoms with Gasteiger partial charge in [0, 0.05) is 32.8 Å². The van der Waals surface area contributed by atoms with Crippen LogP contribution in [0.5, 0.6) is 0 Å². The molecule has 2 heteroatoms. The topological polar surface area (TPSA) is 26.3 Å². The van der Waals surface area contributed by atoms with Gasteiger partial charge in [-0.25, -0.2) is 0 Å². The molecule has 232 valence electrons. The van der Waals surface area contributed by atoms with E-state index in [2.05, 4.69) is 152 Å². The Kier molecular flexibility index (Phi) is 5.70. The van der Waals surface area contributed by atoms with Crippen molar-refractivity contribution >= 4 is 76.0 Å². The standard InChI is InChI=1S/C48H28O2/c1-2-14-29(15-3-1)41-28-49-48-40(41)27-43-46(38-24-12-13-25-42(38)50-43)47(48)45-36-22-10-8-20-34(36)44(35-21-9-11-23-37(35)45)39-26-30-16-4-5-17-31(30)32-18-6-7-19-33(32)39/h1-28H. The Morgan fingerprint density at radius 3 is 1.62 bits per heavy atom. The normalized spacial score (nSPS) is 12.0. The maximum absolute atomic E-state index is 6.69. The van der Waals surface area contributed by atoms with Crippen molar-refractivity contribution in [1.29, 1.82) is 0 Å². The summed E-state index contributed by atoms with van der Waals surface area (Å²) in [6, 6.07) is 58.7. The fraction of sp³-hybridized carbons (Fsp3) is 0. The van der Waals surface area contributed by atoms with Gasteiger partial charge in [0.05, 0.1) is 6.26 Å². The highest BCUT2D eigenvalue weighted by Gasteiger charge is 2.26. The lowest BCUT2D eigenvalue weighted by Crippen LogP contribution is -1.93. The molecule has 2 heterocycles. The first-order valence-corrected chi connectivity index (χ1v) is 17.1. The number of hydrogen-bond donors (Lipinski definition) is 0. The van der Waals surface area contributed by atoms with Crippen molar-refractivity contribution in [3.63, 3.8) is 0 Å². The molecule has 9 aromatic carbocycles. The Hall–Kier alpha value is -6.64. The molecule has 0 aliphatic carbocycles. The third kappa shape index (κ3) is 3.79. The van der Waals surface area contributed by atoms with Crippen LogP contribution < -0.4 is 0 Å². The van der Waals surface area contributed by atoms with Crippen LogP contribution in [-0.2, 0) is 0 Å². The molecule has 0 spiro atoms. The molecule has 0 unspecified atom stereocenters. The lowest BCUT2D eigenvalue weighted by Gasteiger charge is -2.20. The number of rotatable bonds is 3. The van der Waals surface area contributed by atoms with Crippen LogP contribution in [0, 0.1) is 0 Å².